The summed E-state index contributed by atoms with van der Waals surface area (Å²) in [6, 6.07) is 3.33. The summed E-state index contributed by atoms with van der Waals surface area (Å²) in [5.41, 5.74) is 8.38. The summed E-state index contributed by atoms with van der Waals surface area (Å²) < 4.78 is 28.9. The summed E-state index contributed by atoms with van der Waals surface area (Å²) >= 11 is 1.32. The number of carbonyl (C=O) groups excluding carboxylic acids is 1. The molecule has 0 radical (unpaired) electrons. The van der Waals surface area contributed by atoms with Crippen molar-refractivity contribution in [2.75, 3.05) is 5.73 Å². The molecular weight excluding hydrogens is 408 g/mol. The lowest BCUT2D eigenvalue weighted by atomic mass is 10.0. The summed E-state index contributed by atoms with van der Waals surface area (Å²) in [6.45, 7) is 7.86. The van der Waals surface area contributed by atoms with E-state index in [1.54, 1.807) is 19.9 Å². The van der Waals surface area contributed by atoms with E-state index in [2.05, 4.69) is 16.6 Å². The lowest BCUT2D eigenvalue weighted by molar-refractivity contribution is 0.0694. The van der Waals surface area contributed by atoms with E-state index in [-0.39, 0.29) is 22.9 Å². The number of benzene rings is 1. The van der Waals surface area contributed by atoms with E-state index in [1.165, 1.54) is 11.3 Å². The molecule has 0 bridgehead atoms. The van der Waals surface area contributed by atoms with Gasteiger partial charge in [-0.05, 0) is 69.7 Å². The van der Waals surface area contributed by atoms with Crippen molar-refractivity contribution in [3.8, 4) is 10.4 Å². The Morgan fingerprint density at radius 2 is 1.97 bits per heavy atom. The molecule has 1 atom stereocenters. The van der Waals surface area contributed by atoms with Gasteiger partial charge in [-0.2, -0.15) is 0 Å². The summed E-state index contributed by atoms with van der Waals surface area (Å²) in [7, 11) is -3.85. The maximum absolute atomic E-state index is 13.2. The molecular formula is C20H26N4O3S2. The van der Waals surface area contributed by atoms with Crippen LogP contribution in [-0.2, 0) is 16.6 Å². The molecule has 1 unspecified atom stereocenters. The third-order valence-electron chi connectivity index (χ3n) is 5.55. The van der Waals surface area contributed by atoms with Crippen LogP contribution in [0.5, 0.6) is 0 Å². The third-order valence-corrected chi connectivity index (χ3v) is 8.27. The van der Waals surface area contributed by atoms with E-state index in [1.807, 2.05) is 17.9 Å². The first-order chi connectivity index (χ1) is 13.6. The Hall–Kier alpha value is -1.97. The Kier molecular flexibility index (Phi) is 4.95. The van der Waals surface area contributed by atoms with Crippen LogP contribution >= 0.6 is 11.3 Å². The van der Waals surface area contributed by atoms with Crippen molar-refractivity contribution in [1.29, 1.82) is 0 Å². The average molecular weight is 435 g/mol. The number of rotatable bonds is 6. The van der Waals surface area contributed by atoms with Gasteiger partial charge in [-0.1, -0.05) is 11.3 Å². The van der Waals surface area contributed by atoms with Gasteiger partial charge in [0.1, 0.15) is 0 Å². The molecule has 1 saturated carbocycles. The number of hydrogen-bond donors (Lipinski definition) is 2. The number of thiazole rings is 1. The van der Waals surface area contributed by atoms with Crippen molar-refractivity contribution >= 4 is 32.4 Å². The van der Waals surface area contributed by atoms with Crippen LogP contribution in [0.2, 0.25) is 0 Å². The van der Waals surface area contributed by atoms with E-state index in [0.29, 0.717) is 23.2 Å². The number of aryl methyl sites for hydroxylation is 1. The molecule has 0 saturated heterocycles. The maximum atomic E-state index is 13.2. The molecule has 156 valence electrons. The highest BCUT2D eigenvalue weighted by molar-refractivity contribution is 7.89. The number of hydrogen-bond acceptors (Lipinski definition) is 6. The molecule has 1 aliphatic carbocycles. The number of sulfonamides is 1. The third kappa shape index (κ3) is 3.67. The molecule has 1 amide bonds. The zero-order valence-electron chi connectivity index (χ0n) is 17.0. The van der Waals surface area contributed by atoms with Gasteiger partial charge >= 0.3 is 0 Å². The Balaban J connectivity index is 1.87. The SMILES string of the molecule is Cc1nc(N)sc1-c1cc2c(c(S(=O)(=O)NC(C)C)c1)C(=O)N(C(C)C1CC1)C2. The predicted octanol–water partition coefficient (Wildman–Crippen LogP) is 3.14. The largest absolute Gasteiger partial charge is 0.375 e. The number of carbonyl (C=O) groups is 1. The number of nitrogen functional groups attached to an aromatic ring is 1. The number of nitrogens with one attached hydrogen (secondary N) is 1. The minimum Gasteiger partial charge on any atom is -0.375 e. The zero-order valence-corrected chi connectivity index (χ0v) is 18.7. The Bertz CT molecular complexity index is 1090. The lowest BCUT2D eigenvalue weighted by Gasteiger charge is -2.24. The molecule has 2 aromatic rings. The Morgan fingerprint density at radius 1 is 1.28 bits per heavy atom. The molecule has 29 heavy (non-hydrogen) atoms. The second-order valence-electron chi connectivity index (χ2n) is 8.26. The molecule has 4 rings (SSSR count). The van der Waals surface area contributed by atoms with Crippen molar-refractivity contribution in [3.63, 3.8) is 0 Å². The molecule has 3 N–H and O–H groups in total. The summed E-state index contributed by atoms with van der Waals surface area (Å²) in [6.07, 6.45) is 2.23. The van der Waals surface area contributed by atoms with Crippen LogP contribution in [0.25, 0.3) is 10.4 Å². The van der Waals surface area contributed by atoms with E-state index in [4.69, 9.17) is 5.73 Å². The van der Waals surface area contributed by atoms with Gasteiger partial charge in [0.2, 0.25) is 10.0 Å². The summed E-state index contributed by atoms with van der Waals surface area (Å²) in [5.74, 6) is 0.306. The average Bonchev–Trinajstić information content (AvgIpc) is 3.34. The summed E-state index contributed by atoms with van der Waals surface area (Å²) in [5, 5.41) is 0.433. The van der Waals surface area contributed by atoms with Gasteiger partial charge in [0.15, 0.2) is 5.13 Å². The van der Waals surface area contributed by atoms with Crippen LogP contribution in [0.4, 0.5) is 5.13 Å². The molecule has 7 nitrogen and oxygen atoms in total. The fourth-order valence-corrected chi connectivity index (χ4v) is 6.34. The molecule has 1 aromatic heterocycles. The molecule has 1 aliphatic heterocycles. The number of fused-ring (bicyclic) bond motifs is 1. The van der Waals surface area contributed by atoms with Crippen molar-refractivity contribution in [2.45, 2.75) is 64.1 Å². The van der Waals surface area contributed by atoms with E-state index < -0.39 is 10.0 Å². The molecule has 2 aliphatic rings. The van der Waals surface area contributed by atoms with Crippen LogP contribution in [0.15, 0.2) is 17.0 Å². The van der Waals surface area contributed by atoms with Gasteiger partial charge in [-0.15, -0.1) is 0 Å². The minimum absolute atomic E-state index is 0.0422. The smallest absolute Gasteiger partial charge is 0.256 e. The van der Waals surface area contributed by atoms with Gasteiger partial charge in [0, 0.05) is 18.6 Å². The molecule has 2 heterocycles. The van der Waals surface area contributed by atoms with Crippen molar-refractivity contribution in [3.05, 3.63) is 29.0 Å². The van der Waals surface area contributed by atoms with Crippen LogP contribution in [0.3, 0.4) is 0 Å². The van der Waals surface area contributed by atoms with Crippen LogP contribution in [-0.4, -0.2) is 36.3 Å². The van der Waals surface area contributed by atoms with Crippen LogP contribution in [0.1, 0.15) is 55.2 Å². The fourth-order valence-electron chi connectivity index (χ4n) is 4.00. The first kappa shape index (κ1) is 20.3. The molecule has 0 spiro atoms. The predicted molar refractivity (Wildman–Crippen MR) is 114 cm³/mol. The first-order valence-corrected chi connectivity index (χ1v) is 12.1. The highest BCUT2D eigenvalue weighted by Gasteiger charge is 2.41. The zero-order chi connectivity index (χ0) is 21.1. The number of amides is 1. The summed E-state index contributed by atoms with van der Waals surface area (Å²) in [4.78, 5) is 20.2. The number of nitrogens with zero attached hydrogens (tertiary/aromatic N) is 2. The highest BCUT2D eigenvalue weighted by Crippen LogP contribution is 2.42. The van der Waals surface area contributed by atoms with Crippen molar-refractivity contribution < 1.29 is 13.2 Å². The number of aromatic nitrogens is 1. The first-order valence-electron chi connectivity index (χ1n) is 9.82. The minimum atomic E-state index is -3.85. The van der Waals surface area contributed by atoms with Crippen molar-refractivity contribution in [1.82, 2.24) is 14.6 Å². The Morgan fingerprint density at radius 3 is 2.52 bits per heavy atom. The number of nitrogens with two attached hydrogens (primary N) is 1. The fraction of sp³-hybridized carbons (Fsp3) is 0.500. The maximum Gasteiger partial charge on any atom is 0.256 e. The van der Waals surface area contributed by atoms with Crippen molar-refractivity contribution in [2.24, 2.45) is 5.92 Å². The van der Waals surface area contributed by atoms with Gasteiger partial charge in [-0.3, -0.25) is 4.79 Å². The highest BCUT2D eigenvalue weighted by atomic mass is 32.2. The van der Waals surface area contributed by atoms with Gasteiger partial charge in [0.05, 0.1) is 21.0 Å². The molecule has 9 heteroatoms. The second kappa shape index (κ2) is 7.07. The molecule has 1 aromatic carbocycles. The van der Waals surface area contributed by atoms with E-state index in [0.717, 1.165) is 34.5 Å². The van der Waals surface area contributed by atoms with Gasteiger partial charge < -0.3 is 10.6 Å². The topological polar surface area (TPSA) is 105 Å². The van der Waals surface area contributed by atoms with E-state index >= 15 is 0 Å². The lowest BCUT2D eigenvalue weighted by Crippen LogP contribution is -2.36. The monoisotopic (exact) mass is 434 g/mol. The van der Waals surface area contributed by atoms with Crippen LogP contribution in [0, 0.1) is 12.8 Å². The Labute approximate surface area is 175 Å². The van der Waals surface area contributed by atoms with Gasteiger partial charge in [0.25, 0.3) is 5.91 Å². The van der Waals surface area contributed by atoms with Gasteiger partial charge in [-0.25, -0.2) is 18.1 Å². The van der Waals surface area contributed by atoms with E-state index in [9.17, 15) is 13.2 Å². The number of anilines is 1. The van der Waals surface area contributed by atoms with Crippen LogP contribution < -0.4 is 10.5 Å². The second-order valence-corrected chi connectivity index (χ2v) is 11.0. The standard InChI is InChI=1S/C20H26N4O3S2/c1-10(2)23-29(26,27)16-8-14(18-11(3)22-20(21)28-18)7-15-9-24(19(25)17(15)16)12(4)13-5-6-13/h7-8,10,12-13,23H,5-6,9H2,1-4H3,(H2,21,22). The quantitative estimate of drug-likeness (QED) is 0.727. The normalized spacial score (nSPS) is 17.8. The molecule has 1 fully saturated rings.